The summed E-state index contributed by atoms with van der Waals surface area (Å²) in [4.78, 5) is 0. The number of unbranched alkanes of at least 4 members (excludes halogenated alkanes) is 5. The van der Waals surface area contributed by atoms with E-state index in [0.29, 0.717) is 11.5 Å². The molecule has 0 saturated carbocycles. The van der Waals surface area contributed by atoms with Crippen LogP contribution in [0.5, 0.6) is 0 Å². The predicted octanol–water partition coefficient (Wildman–Crippen LogP) is 1.40. The molecule has 5 atom stereocenters. The van der Waals surface area contributed by atoms with Crippen LogP contribution in [0, 0.1) is 0 Å². The topological polar surface area (TPSA) is 123 Å². The Morgan fingerprint density at radius 1 is 0.960 bits per heavy atom. The quantitative estimate of drug-likeness (QED) is 0.117. The molecule has 1 rings (SSSR count). The van der Waals surface area contributed by atoms with Crippen molar-refractivity contribution in [3.05, 3.63) is 0 Å². The lowest BCUT2D eigenvalue weighted by Crippen LogP contribution is -2.57. The molecule has 9 heteroatoms. The van der Waals surface area contributed by atoms with Gasteiger partial charge in [0.15, 0.2) is 0 Å². The van der Waals surface area contributed by atoms with Crippen LogP contribution in [0.25, 0.3) is 0 Å². The first-order valence-corrected chi connectivity index (χ1v) is 11.0. The van der Waals surface area contributed by atoms with Crippen molar-refractivity contribution in [3.8, 4) is 0 Å². The van der Waals surface area contributed by atoms with Gasteiger partial charge in [-0.05, 0) is 31.3 Å². The third-order valence-electron chi connectivity index (χ3n) is 4.20. The van der Waals surface area contributed by atoms with Crippen LogP contribution in [-0.4, -0.2) is 79.1 Å². The van der Waals surface area contributed by atoms with Crippen LogP contribution < -0.4 is 0 Å². The molecule has 5 N–H and O–H groups in total. The molecule has 0 amide bonds. The number of ether oxygens (including phenoxy) is 1. The first kappa shape index (κ1) is 23.0. The van der Waals surface area contributed by atoms with E-state index in [0.717, 1.165) is 31.0 Å². The summed E-state index contributed by atoms with van der Waals surface area (Å²) in [6.07, 6.45) is 4.34. The fraction of sp³-hybridized carbons (Fsp3) is 0.938. The van der Waals surface area contributed by atoms with Gasteiger partial charge in [-0.15, -0.1) is 0 Å². The van der Waals surface area contributed by atoms with E-state index < -0.39 is 36.5 Å². The van der Waals surface area contributed by atoms with Gasteiger partial charge >= 0.3 is 0 Å². The third kappa shape index (κ3) is 8.03. The number of aliphatic hydroxyl groups is 4. The van der Waals surface area contributed by atoms with Gasteiger partial charge in [0.1, 0.15) is 34.9 Å². The molecule has 0 bridgehead atoms. The zero-order chi connectivity index (χ0) is 18.7. The van der Waals surface area contributed by atoms with Gasteiger partial charge in [-0.25, -0.2) is 0 Å². The van der Waals surface area contributed by atoms with E-state index in [2.05, 4.69) is 11.4 Å². The second-order valence-corrected chi connectivity index (χ2v) is 8.33. The Morgan fingerprint density at radius 2 is 1.60 bits per heavy atom. The van der Waals surface area contributed by atoms with E-state index in [1.54, 1.807) is 0 Å². The first-order chi connectivity index (χ1) is 12.0. The Morgan fingerprint density at radius 3 is 2.20 bits per heavy atom. The van der Waals surface area contributed by atoms with Crippen molar-refractivity contribution in [1.82, 2.24) is 0 Å². The van der Waals surface area contributed by atoms with Crippen molar-refractivity contribution in [3.63, 3.8) is 0 Å². The molecular formula is C16H31NO6S2. The number of hydrogen-bond donors (Lipinski definition) is 5. The van der Waals surface area contributed by atoms with E-state index in [1.165, 1.54) is 25.0 Å². The summed E-state index contributed by atoms with van der Waals surface area (Å²) in [6.45, 7) is -0.468. The van der Waals surface area contributed by atoms with Gasteiger partial charge in [-0.1, -0.05) is 42.6 Å². The van der Waals surface area contributed by atoms with Gasteiger partial charge in [-0.3, -0.25) is 0 Å². The van der Waals surface area contributed by atoms with Crippen molar-refractivity contribution >= 4 is 28.6 Å². The van der Waals surface area contributed by atoms with Gasteiger partial charge in [0.05, 0.1) is 6.61 Å². The number of aliphatic hydroxyl groups excluding tert-OH is 4. The summed E-state index contributed by atoms with van der Waals surface area (Å²) >= 11 is 2.88. The minimum Gasteiger partial charge on any atom is -0.410 e. The molecule has 25 heavy (non-hydrogen) atoms. The highest BCUT2D eigenvalue weighted by atomic mass is 32.2. The molecular weight excluding hydrogens is 366 g/mol. The molecule has 1 fully saturated rings. The molecule has 148 valence electrons. The van der Waals surface area contributed by atoms with Crippen LogP contribution in [0.3, 0.4) is 0 Å². The van der Waals surface area contributed by atoms with Crippen molar-refractivity contribution in [2.24, 2.45) is 5.16 Å². The monoisotopic (exact) mass is 397 g/mol. The fourth-order valence-electron chi connectivity index (χ4n) is 2.66. The summed E-state index contributed by atoms with van der Waals surface area (Å²) in [5, 5.41) is 51.5. The minimum absolute atomic E-state index is 0.409. The molecule has 1 saturated heterocycles. The van der Waals surface area contributed by atoms with Crippen LogP contribution >= 0.6 is 23.5 Å². The van der Waals surface area contributed by atoms with Crippen LogP contribution in [0.2, 0.25) is 0 Å². The summed E-state index contributed by atoms with van der Waals surface area (Å²) in [5.74, 6) is 1.21. The SMILES string of the molecule is CSCCCCCCCC/C(=N\O)S[C@@H]1O[C@H](CO)[C@@H](O)[C@H](O)[C@H]1O. The molecule has 7 nitrogen and oxygen atoms in total. The summed E-state index contributed by atoms with van der Waals surface area (Å²) in [6, 6.07) is 0. The Bertz CT molecular complexity index is 386. The van der Waals surface area contributed by atoms with Gasteiger partial charge in [0.2, 0.25) is 0 Å². The minimum atomic E-state index is -1.41. The lowest BCUT2D eigenvalue weighted by molar-refractivity contribution is -0.205. The summed E-state index contributed by atoms with van der Waals surface area (Å²) in [7, 11) is 0. The highest BCUT2D eigenvalue weighted by Gasteiger charge is 2.44. The average molecular weight is 398 g/mol. The van der Waals surface area contributed by atoms with E-state index in [1.807, 2.05) is 11.8 Å². The maximum atomic E-state index is 10.0. The van der Waals surface area contributed by atoms with Crippen LogP contribution in [0.1, 0.15) is 44.9 Å². The van der Waals surface area contributed by atoms with Gasteiger partial charge < -0.3 is 30.4 Å². The first-order valence-electron chi connectivity index (χ1n) is 8.72. The largest absolute Gasteiger partial charge is 0.410 e. The zero-order valence-corrected chi connectivity index (χ0v) is 16.3. The second kappa shape index (κ2) is 13.2. The molecule has 0 aliphatic carbocycles. The molecule has 1 heterocycles. The highest BCUT2D eigenvalue weighted by Crippen LogP contribution is 2.30. The molecule has 0 unspecified atom stereocenters. The summed E-state index contributed by atoms with van der Waals surface area (Å²) < 4.78 is 5.40. The fourth-order valence-corrected chi connectivity index (χ4v) is 4.23. The standard InChI is InChI=1S/C16H31NO6S2/c1-24-9-7-5-3-2-4-6-8-12(17-22)25-16-15(21)14(20)13(19)11(10-18)23-16/h11,13-16,18-22H,2-10H2,1H3/b17-12+/t11-,13-,14+,15-,16+/m1/s1. The second-order valence-electron chi connectivity index (χ2n) is 6.17. The molecule has 1 aliphatic heterocycles. The Balaban J connectivity index is 2.30. The smallest absolute Gasteiger partial charge is 0.138 e. The number of hydrogen-bond acceptors (Lipinski definition) is 9. The van der Waals surface area contributed by atoms with Crippen LogP contribution in [0.4, 0.5) is 0 Å². The van der Waals surface area contributed by atoms with Gasteiger partial charge in [-0.2, -0.15) is 11.8 Å². The highest BCUT2D eigenvalue weighted by molar-refractivity contribution is 8.14. The summed E-state index contributed by atoms with van der Waals surface area (Å²) in [5.41, 5.74) is -0.895. The molecule has 0 radical (unpaired) electrons. The van der Waals surface area contributed by atoms with Crippen LogP contribution in [0.15, 0.2) is 5.16 Å². The van der Waals surface area contributed by atoms with Gasteiger partial charge in [0.25, 0.3) is 0 Å². The van der Waals surface area contributed by atoms with Crippen LogP contribution in [-0.2, 0) is 4.74 Å². The number of rotatable bonds is 11. The molecule has 0 aromatic rings. The molecule has 0 aromatic heterocycles. The molecule has 0 spiro atoms. The maximum absolute atomic E-state index is 10.0. The lowest BCUT2D eigenvalue weighted by atomic mass is 10.0. The van der Waals surface area contributed by atoms with E-state index in [-0.39, 0.29) is 0 Å². The number of oxime groups is 1. The van der Waals surface area contributed by atoms with Gasteiger partial charge in [0, 0.05) is 0 Å². The Hall–Kier alpha value is -0.0300. The van der Waals surface area contributed by atoms with E-state index >= 15 is 0 Å². The van der Waals surface area contributed by atoms with Crippen molar-refractivity contribution in [1.29, 1.82) is 0 Å². The van der Waals surface area contributed by atoms with E-state index in [9.17, 15) is 20.4 Å². The average Bonchev–Trinajstić information content (AvgIpc) is 2.62. The Labute approximate surface area is 157 Å². The predicted molar refractivity (Wildman–Crippen MR) is 101 cm³/mol. The third-order valence-corrected chi connectivity index (χ3v) is 6.08. The Kier molecular flexibility index (Phi) is 12.1. The van der Waals surface area contributed by atoms with Crippen molar-refractivity contribution in [2.75, 3.05) is 18.6 Å². The molecule has 0 aromatic carbocycles. The zero-order valence-electron chi connectivity index (χ0n) is 14.7. The van der Waals surface area contributed by atoms with E-state index in [4.69, 9.17) is 9.94 Å². The van der Waals surface area contributed by atoms with Crippen molar-refractivity contribution in [2.45, 2.75) is 74.8 Å². The number of thioether (sulfide) groups is 2. The maximum Gasteiger partial charge on any atom is 0.138 e. The lowest BCUT2D eigenvalue weighted by Gasteiger charge is -2.39. The van der Waals surface area contributed by atoms with Crippen molar-refractivity contribution < 1.29 is 30.4 Å². The number of nitrogens with zero attached hydrogens (tertiary/aromatic N) is 1. The molecule has 1 aliphatic rings. The normalized spacial score (nSPS) is 30.6.